The number of hydrogen-bond acceptors (Lipinski definition) is 1. The van der Waals surface area contributed by atoms with E-state index in [0.29, 0.717) is 15.2 Å². The fourth-order valence-corrected chi connectivity index (χ4v) is 1.51. The van der Waals surface area contributed by atoms with Crippen molar-refractivity contribution in [1.82, 2.24) is 5.09 Å². The third-order valence-electron chi connectivity index (χ3n) is 1.75. The molecule has 0 heterocycles. The molecule has 1 unspecified atom stereocenters. The second-order valence-corrected chi connectivity index (χ2v) is 3.53. The Morgan fingerprint density at radius 2 is 2.08 bits per heavy atom. The molecule has 0 aliphatic rings. The molecular weight excluding hydrogens is 181 g/mol. The summed E-state index contributed by atoms with van der Waals surface area (Å²) in [6.07, 6.45) is 1.42. The number of nitrogens with one attached hydrogen (secondary N) is 1. The lowest BCUT2D eigenvalue weighted by atomic mass is 10.1. The van der Waals surface area contributed by atoms with E-state index in [1.54, 1.807) is 0 Å². The highest BCUT2D eigenvalue weighted by Gasteiger charge is 1.99. The first-order valence-electron chi connectivity index (χ1n) is 4.32. The second kappa shape index (κ2) is 5.71. The standard InChI is InChI=1S/C10H14NOP/c1-13-11-10(12)8-7-9-5-3-2-4-6-9/h2-6,13H,7-8H2,1H3,(H,11,12). The van der Waals surface area contributed by atoms with E-state index in [9.17, 15) is 4.79 Å². The normalized spacial score (nSPS) is 10.5. The van der Waals surface area contributed by atoms with E-state index < -0.39 is 0 Å². The van der Waals surface area contributed by atoms with Gasteiger partial charge < -0.3 is 5.09 Å². The summed E-state index contributed by atoms with van der Waals surface area (Å²) in [5, 5.41) is 2.80. The van der Waals surface area contributed by atoms with Gasteiger partial charge in [-0.05, 0) is 27.4 Å². The van der Waals surface area contributed by atoms with Gasteiger partial charge in [0.1, 0.15) is 0 Å². The first kappa shape index (κ1) is 10.2. The SMILES string of the molecule is CPNC(=O)CCc1ccccc1. The number of benzene rings is 1. The maximum Gasteiger partial charge on any atom is 0.223 e. The monoisotopic (exact) mass is 195 g/mol. The van der Waals surface area contributed by atoms with Crippen LogP contribution in [-0.4, -0.2) is 12.6 Å². The Morgan fingerprint density at radius 3 is 2.69 bits per heavy atom. The molecule has 0 aliphatic heterocycles. The molecule has 0 aliphatic carbocycles. The Kier molecular flexibility index (Phi) is 4.48. The summed E-state index contributed by atoms with van der Waals surface area (Å²) in [4.78, 5) is 11.1. The van der Waals surface area contributed by atoms with Crippen molar-refractivity contribution >= 4 is 14.6 Å². The number of carbonyl (C=O) groups is 1. The smallest absolute Gasteiger partial charge is 0.223 e. The quantitative estimate of drug-likeness (QED) is 0.731. The average Bonchev–Trinajstić information content (AvgIpc) is 2.17. The Morgan fingerprint density at radius 1 is 1.38 bits per heavy atom. The van der Waals surface area contributed by atoms with Crippen molar-refractivity contribution in [3.05, 3.63) is 35.9 Å². The van der Waals surface area contributed by atoms with Crippen molar-refractivity contribution < 1.29 is 4.79 Å². The number of aryl methyl sites for hydroxylation is 1. The van der Waals surface area contributed by atoms with Crippen LogP contribution in [0.2, 0.25) is 0 Å². The second-order valence-electron chi connectivity index (χ2n) is 2.78. The van der Waals surface area contributed by atoms with E-state index in [1.165, 1.54) is 5.56 Å². The highest BCUT2D eigenvalue weighted by atomic mass is 31.1. The van der Waals surface area contributed by atoms with Gasteiger partial charge >= 0.3 is 0 Å². The average molecular weight is 195 g/mol. The van der Waals surface area contributed by atoms with Gasteiger partial charge in [0, 0.05) is 6.42 Å². The van der Waals surface area contributed by atoms with Gasteiger partial charge in [-0.2, -0.15) is 0 Å². The van der Waals surface area contributed by atoms with Crippen molar-refractivity contribution in [2.45, 2.75) is 12.8 Å². The lowest BCUT2D eigenvalue weighted by Gasteiger charge is -2.01. The predicted molar refractivity (Wildman–Crippen MR) is 57.1 cm³/mol. The van der Waals surface area contributed by atoms with E-state index in [2.05, 4.69) is 5.09 Å². The molecule has 0 fully saturated rings. The van der Waals surface area contributed by atoms with E-state index in [-0.39, 0.29) is 5.91 Å². The van der Waals surface area contributed by atoms with E-state index in [1.807, 2.05) is 37.0 Å². The van der Waals surface area contributed by atoms with Crippen molar-refractivity contribution in [2.24, 2.45) is 0 Å². The van der Waals surface area contributed by atoms with Gasteiger partial charge in [0.2, 0.25) is 5.91 Å². The van der Waals surface area contributed by atoms with Gasteiger partial charge in [-0.1, -0.05) is 30.3 Å². The minimum atomic E-state index is 0.143. The number of amides is 1. The van der Waals surface area contributed by atoms with Crippen LogP contribution >= 0.6 is 8.73 Å². The lowest BCUT2D eigenvalue weighted by Crippen LogP contribution is -2.14. The third kappa shape index (κ3) is 4.05. The van der Waals surface area contributed by atoms with Crippen molar-refractivity contribution in [2.75, 3.05) is 6.66 Å². The summed E-state index contributed by atoms with van der Waals surface area (Å²) in [5.41, 5.74) is 1.22. The van der Waals surface area contributed by atoms with Crippen molar-refractivity contribution in [3.63, 3.8) is 0 Å². The topological polar surface area (TPSA) is 29.1 Å². The van der Waals surface area contributed by atoms with E-state index in [4.69, 9.17) is 0 Å². The van der Waals surface area contributed by atoms with Crippen LogP contribution in [0.3, 0.4) is 0 Å². The molecule has 13 heavy (non-hydrogen) atoms. The minimum absolute atomic E-state index is 0.143. The summed E-state index contributed by atoms with van der Waals surface area (Å²) in [6.45, 7) is 1.96. The number of rotatable bonds is 4. The molecule has 0 bridgehead atoms. The van der Waals surface area contributed by atoms with Crippen LogP contribution in [0.15, 0.2) is 30.3 Å². The summed E-state index contributed by atoms with van der Waals surface area (Å²) in [7, 11) is 0.506. The Bertz CT molecular complexity index is 261. The molecule has 1 aromatic rings. The van der Waals surface area contributed by atoms with Crippen LogP contribution in [-0.2, 0) is 11.2 Å². The van der Waals surface area contributed by atoms with Crippen LogP contribution in [0.25, 0.3) is 0 Å². The number of carbonyl (C=O) groups excluding carboxylic acids is 1. The molecule has 0 aromatic heterocycles. The molecule has 2 nitrogen and oxygen atoms in total. The van der Waals surface area contributed by atoms with Gasteiger partial charge in [-0.15, -0.1) is 0 Å². The number of hydrogen-bond donors (Lipinski definition) is 1. The van der Waals surface area contributed by atoms with Gasteiger partial charge in [0.25, 0.3) is 0 Å². The molecule has 1 rings (SSSR count). The highest BCUT2D eigenvalue weighted by Crippen LogP contribution is 2.03. The van der Waals surface area contributed by atoms with Crippen LogP contribution in [0.1, 0.15) is 12.0 Å². The third-order valence-corrected chi connectivity index (χ3v) is 2.28. The summed E-state index contributed by atoms with van der Waals surface area (Å²) >= 11 is 0. The molecular formula is C10H14NOP. The molecule has 1 aromatic carbocycles. The maximum absolute atomic E-state index is 11.1. The molecule has 1 amide bonds. The Labute approximate surface area is 80.6 Å². The van der Waals surface area contributed by atoms with Gasteiger partial charge in [0.15, 0.2) is 0 Å². The molecule has 70 valence electrons. The van der Waals surface area contributed by atoms with Gasteiger partial charge in [-0.25, -0.2) is 0 Å². The van der Waals surface area contributed by atoms with E-state index >= 15 is 0 Å². The maximum atomic E-state index is 11.1. The highest BCUT2D eigenvalue weighted by molar-refractivity contribution is 7.35. The molecule has 1 N–H and O–H groups in total. The van der Waals surface area contributed by atoms with Crippen LogP contribution in [0.4, 0.5) is 0 Å². The zero-order valence-electron chi connectivity index (χ0n) is 7.71. The lowest BCUT2D eigenvalue weighted by molar-refractivity contribution is -0.119. The minimum Gasteiger partial charge on any atom is -0.338 e. The molecule has 1 atom stereocenters. The fraction of sp³-hybridized carbons (Fsp3) is 0.300. The van der Waals surface area contributed by atoms with Crippen LogP contribution in [0.5, 0.6) is 0 Å². The Hall–Kier alpha value is -0.880. The van der Waals surface area contributed by atoms with E-state index in [0.717, 1.165) is 6.42 Å². The summed E-state index contributed by atoms with van der Waals surface area (Å²) in [5.74, 6) is 0.143. The predicted octanol–water partition coefficient (Wildman–Crippen LogP) is 1.96. The zero-order chi connectivity index (χ0) is 9.52. The van der Waals surface area contributed by atoms with Gasteiger partial charge in [-0.3, -0.25) is 4.79 Å². The van der Waals surface area contributed by atoms with Crippen molar-refractivity contribution in [3.8, 4) is 0 Å². The molecule has 0 radical (unpaired) electrons. The summed E-state index contributed by atoms with van der Waals surface area (Å²) in [6, 6.07) is 10.1. The van der Waals surface area contributed by atoms with Crippen LogP contribution in [0, 0.1) is 0 Å². The summed E-state index contributed by atoms with van der Waals surface area (Å²) < 4.78 is 0. The first-order valence-corrected chi connectivity index (χ1v) is 5.82. The largest absolute Gasteiger partial charge is 0.338 e. The first-order chi connectivity index (χ1) is 6.33. The molecule has 3 heteroatoms. The fourth-order valence-electron chi connectivity index (χ4n) is 1.10. The molecule has 0 saturated heterocycles. The van der Waals surface area contributed by atoms with Gasteiger partial charge in [0.05, 0.1) is 0 Å². The van der Waals surface area contributed by atoms with Crippen LogP contribution < -0.4 is 5.09 Å². The molecule has 0 spiro atoms. The Balaban J connectivity index is 2.31. The van der Waals surface area contributed by atoms with Crippen molar-refractivity contribution in [1.29, 1.82) is 0 Å². The zero-order valence-corrected chi connectivity index (χ0v) is 8.71. The molecule has 0 saturated carbocycles.